The van der Waals surface area contributed by atoms with Gasteiger partial charge in [-0.1, -0.05) is 70.2 Å². The number of carbonyl (C=O) groups is 1. The molecule has 242 valence electrons. The first-order valence-corrected chi connectivity index (χ1v) is 16.9. The lowest BCUT2D eigenvalue weighted by molar-refractivity contribution is -0.182. The molecule has 1 heterocycles. The van der Waals surface area contributed by atoms with Crippen LogP contribution in [0.25, 0.3) is 6.08 Å². The molecule has 45 heavy (non-hydrogen) atoms. The third-order valence-corrected chi connectivity index (χ3v) is 14.1. The van der Waals surface area contributed by atoms with Gasteiger partial charge in [0, 0.05) is 5.41 Å². The second-order valence-corrected chi connectivity index (χ2v) is 16.2. The van der Waals surface area contributed by atoms with Gasteiger partial charge in [0.25, 0.3) is 0 Å². The molecule has 6 nitrogen and oxygen atoms in total. The van der Waals surface area contributed by atoms with Crippen LogP contribution in [0.1, 0.15) is 72.3 Å². The molecule has 1 saturated heterocycles. The fraction of sp³-hybridized carbons (Fsp3) is 0.615. The van der Waals surface area contributed by atoms with Gasteiger partial charge >= 0.3 is 5.97 Å². The van der Waals surface area contributed by atoms with Crippen LogP contribution in [0.15, 0.2) is 65.8 Å². The van der Waals surface area contributed by atoms with E-state index < -0.39 is 24.2 Å². The highest BCUT2D eigenvalue weighted by atomic mass is 16.6. The molecule has 6 aliphatic rings. The molecule has 0 radical (unpaired) electrons. The molecule has 1 aliphatic heterocycles. The largest absolute Gasteiger partial charge is 0.497 e. The number of rotatable bonds is 6. The van der Waals surface area contributed by atoms with Gasteiger partial charge < -0.3 is 24.8 Å². The van der Waals surface area contributed by atoms with Gasteiger partial charge in [-0.05, 0) is 113 Å². The average Bonchev–Trinajstić information content (AvgIpc) is 3.49. The molecular weight excluding hydrogens is 564 g/mol. The summed E-state index contributed by atoms with van der Waals surface area (Å²) < 4.78 is 11.0. The average molecular weight is 615 g/mol. The quantitative estimate of drug-likeness (QED) is 0.258. The van der Waals surface area contributed by atoms with E-state index in [2.05, 4.69) is 70.2 Å². The van der Waals surface area contributed by atoms with E-state index in [1.807, 2.05) is 12.1 Å². The van der Waals surface area contributed by atoms with Gasteiger partial charge in [0.05, 0.1) is 25.7 Å². The van der Waals surface area contributed by atoms with Gasteiger partial charge in [-0.2, -0.15) is 0 Å². The summed E-state index contributed by atoms with van der Waals surface area (Å²) in [6.07, 6.45) is 15.8. The predicted molar refractivity (Wildman–Crippen MR) is 174 cm³/mol. The molecule has 11 atom stereocenters. The molecule has 0 aromatic heterocycles. The lowest BCUT2D eigenvalue weighted by atomic mass is 9.39. The Labute approximate surface area is 267 Å². The van der Waals surface area contributed by atoms with Crippen LogP contribution in [0.4, 0.5) is 0 Å². The summed E-state index contributed by atoms with van der Waals surface area (Å²) in [5, 5.41) is 33.1. The summed E-state index contributed by atoms with van der Waals surface area (Å²) in [6, 6.07) is 8.12. The van der Waals surface area contributed by atoms with Crippen molar-refractivity contribution in [1.82, 2.24) is 0 Å². The maximum absolute atomic E-state index is 13.3. The SMILES string of the molecule is COc1ccc(/C=C/C2=CC[C@]3(C)[C@H]4C=C[C@]56C[C@]5(CC[C@H]6[C@H]5C(=O)O[C@@H](/C=C(\C)CO)[C@@H]5O)[C@]4(C)[C@H](O)C[C@H]3C2(C)C)cc1. The van der Waals surface area contributed by atoms with E-state index >= 15 is 0 Å². The predicted octanol–water partition coefficient (Wildman–Crippen LogP) is 6.27. The Balaban J connectivity index is 1.20. The zero-order valence-electron chi connectivity index (χ0n) is 27.6. The number of benzene rings is 1. The third-order valence-electron chi connectivity index (χ3n) is 14.1. The summed E-state index contributed by atoms with van der Waals surface area (Å²) in [4.78, 5) is 13.3. The van der Waals surface area contributed by atoms with E-state index in [1.54, 1.807) is 20.1 Å². The second kappa shape index (κ2) is 10.2. The zero-order valence-corrected chi connectivity index (χ0v) is 27.6. The zero-order chi connectivity index (χ0) is 32.2. The van der Waals surface area contributed by atoms with Crippen molar-refractivity contribution in [2.24, 2.45) is 50.7 Å². The Bertz CT molecular complexity index is 1500. The minimum Gasteiger partial charge on any atom is -0.497 e. The Kier molecular flexibility index (Phi) is 6.99. The Morgan fingerprint density at radius 2 is 1.84 bits per heavy atom. The highest BCUT2D eigenvalue weighted by Crippen LogP contribution is 2.89. The lowest BCUT2D eigenvalue weighted by Crippen LogP contribution is -2.63. The van der Waals surface area contributed by atoms with E-state index in [-0.39, 0.29) is 51.5 Å². The molecule has 5 aliphatic carbocycles. The Morgan fingerprint density at radius 3 is 2.53 bits per heavy atom. The molecule has 3 saturated carbocycles. The van der Waals surface area contributed by atoms with Crippen LogP contribution >= 0.6 is 0 Å². The van der Waals surface area contributed by atoms with Crippen molar-refractivity contribution in [3.8, 4) is 5.75 Å². The number of aliphatic hydroxyl groups is 3. The topological polar surface area (TPSA) is 96.2 Å². The number of aliphatic hydroxyl groups excluding tert-OH is 3. The molecule has 0 amide bonds. The van der Waals surface area contributed by atoms with Crippen molar-refractivity contribution in [3.63, 3.8) is 0 Å². The maximum Gasteiger partial charge on any atom is 0.312 e. The summed E-state index contributed by atoms with van der Waals surface area (Å²) in [5.41, 5.74) is 2.40. The minimum absolute atomic E-state index is 0.0167. The van der Waals surface area contributed by atoms with Crippen LogP contribution in [-0.2, 0) is 9.53 Å². The van der Waals surface area contributed by atoms with Crippen LogP contribution in [0, 0.1) is 50.7 Å². The van der Waals surface area contributed by atoms with E-state index in [1.165, 1.54) is 5.57 Å². The van der Waals surface area contributed by atoms with Crippen LogP contribution < -0.4 is 4.74 Å². The molecule has 1 aromatic rings. The van der Waals surface area contributed by atoms with Gasteiger partial charge in [-0.15, -0.1) is 0 Å². The number of ether oxygens (including phenoxy) is 2. The molecular formula is C39H50O6. The lowest BCUT2D eigenvalue weighted by Gasteiger charge is -2.66. The van der Waals surface area contributed by atoms with E-state index in [4.69, 9.17) is 9.47 Å². The monoisotopic (exact) mass is 614 g/mol. The van der Waals surface area contributed by atoms with Gasteiger partial charge in [-0.25, -0.2) is 0 Å². The van der Waals surface area contributed by atoms with E-state index in [9.17, 15) is 20.1 Å². The maximum atomic E-state index is 13.3. The fourth-order valence-corrected chi connectivity index (χ4v) is 11.7. The van der Waals surface area contributed by atoms with E-state index in [0.29, 0.717) is 11.5 Å². The number of fused-ring (bicyclic) bond motifs is 3. The number of hydrogen-bond acceptors (Lipinski definition) is 6. The highest BCUT2D eigenvalue weighted by molar-refractivity contribution is 5.77. The molecule has 4 fully saturated rings. The van der Waals surface area contributed by atoms with Crippen molar-refractivity contribution in [2.45, 2.75) is 85.0 Å². The van der Waals surface area contributed by atoms with Crippen LogP contribution in [0.3, 0.4) is 0 Å². The molecule has 0 unspecified atom stereocenters. The molecule has 7 rings (SSSR count). The fourth-order valence-electron chi connectivity index (χ4n) is 11.7. The molecule has 3 N–H and O–H groups in total. The van der Waals surface area contributed by atoms with Crippen molar-refractivity contribution in [1.29, 1.82) is 0 Å². The van der Waals surface area contributed by atoms with Gasteiger partial charge in [-0.3, -0.25) is 4.79 Å². The first kappa shape index (κ1) is 31.0. The summed E-state index contributed by atoms with van der Waals surface area (Å²) >= 11 is 0. The van der Waals surface area contributed by atoms with Crippen LogP contribution in [0.2, 0.25) is 0 Å². The number of hydrogen-bond donors (Lipinski definition) is 3. The van der Waals surface area contributed by atoms with Crippen LogP contribution in [-0.4, -0.2) is 53.3 Å². The van der Waals surface area contributed by atoms with Crippen molar-refractivity contribution < 1.29 is 29.6 Å². The van der Waals surface area contributed by atoms with Crippen molar-refractivity contribution >= 4 is 12.0 Å². The first-order chi connectivity index (χ1) is 21.3. The second-order valence-electron chi connectivity index (χ2n) is 16.2. The molecule has 1 aromatic carbocycles. The van der Waals surface area contributed by atoms with Crippen LogP contribution in [0.5, 0.6) is 5.75 Å². The summed E-state index contributed by atoms with van der Waals surface area (Å²) in [6.45, 7) is 11.1. The van der Waals surface area contributed by atoms with Gasteiger partial charge in [0.2, 0.25) is 0 Å². The normalized spacial score (nSPS) is 46.2. The summed E-state index contributed by atoms with van der Waals surface area (Å²) in [5.74, 6) is 0.421. The molecule has 6 heteroatoms. The van der Waals surface area contributed by atoms with E-state index in [0.717, 1.165) is 43.4 Å². The van der Waals surface area contributed by atoms with Gasteiger partial charge in [0.15, 0.2) is 0 Å². The number of carbonyl (C=O) groups excluding carboxylic acids is 1. The molecule has 0 bridgehead atoms. The number of methoxy groups -OCH3 is 1. The molecule has 0 spiro atoms. The van der Waals surface area contributed by atoms with Crippen molar-refractivity contribution in [3.05, 3.63) is 71.4 Å². The Morgan fingerprint density at radius 1 is 1.11 bits per heavy atom. The highest BCUT2D eigenvalue weighted by Gasteiger charge is 2.85. The number of esters is 1. The van der Waals surface area contributed by atoms with Gasteiger partial charge in [0.1, 0.15) is 18.0 Å². The van der Waals surface area contributed by atoms with Crippen molar-refractivity contribution in [2.75, 3.05) is 13.7 Å². The third kappa shape index (κ3) is 4.01. The first-order valence-electron chi connectivity index (χ1n) is 16.9. The summed E-state index contributed by atoms with van der Waals surface area (Å²) in [7, 11) is 1.68. The Hall–Kier alpha value is -2.67. The standard InChI is InChI=1S/C39H50O6/c1-23(21-40)19-28-33(42)32(34(43)45-28)27-14-18-39-22-38(27,39)17-15-29-36(4)16-13-25(10-7-24-8-11-26(44-6)12-9-24)35(2,3)30(36)20-31(41)37(29,39)5/h7-13,15,17,19,27-33,40-42H,14,16,18,20-22H2,1-6H3/b10-7+,23-19+/t27-,28-,29+,30-,31+,32+,33-,36+,37-,38+,39+/m0/s1. The smallest absolute Gasteiger partial charge is 0.312 e. The number of allylic oxidation sites excluding steroid dienone is 5. The number of cyclic esters (lactones) is 1. The minimum atomic E-state index is -0.930.